The highest BCUT2D eigenvalue weighted by Crippen LogP contribution is 2.29. The molecule has 0 bridgehead atoms. The Morgan fingerprint density at radius 3 is 2.41 bits per heavy atom. The molecule has 1 heterocycles. The number of aromatic nitrogens is 1. The van der Waals surface area contributed by atoms with Crippen molar-refractivity contribution >= 4 is 43.5 Å². The molecule has 1 aromatic heterocycles. The number of rotatable bonds is 3. The molecule has 3 aromatic rings. The molecular formula is C17H16INO2S. The van der Waals surface area contributed by atoms with Crippen molar-refractivity contribution in [2.75, 3.05) is 0 Å². The van der Waals surface area contributed by atoms with Gasteiger partial charge in [-0.05, 0) is 59.2 Å². The summed E-state index contributed by atoms with van der Waals surface area (Å²) in [6, 6.07) is 13.2. The molecule has 0 atom stereocenters. The summed E-state index contributed by atoms with van der Waals surface area (Å²) in [6.45, 7) is 4.00. The zero-order valence-electron chi connectivity index (χ0n) is 12.4. The van der Waals surface area contributed by atoms with Crippen LogP contribution >= 0.6 is 22.6 Å². The summed E-state index contributed by atoms with van der Waals surface area (Å²) in [5.41, 5.74) is 3.73. The lowest BCUT2D eigenvalue weighted by atomic mass is 10.1. The third kappa shape index (κ3) is 2.67. The average Bonchev–Trinajstić information content (AvgIpc) is 2.92. The third-order valence-corrected chi connectivity index (χ3v) is 6.77. The highest BCUT2D eigenvalue weighted by atomic mass is 127. The molecule has 0 saturated carbocycles. The first-order valence-corrected chi connectivity index (χ1v) is 9.63. The summed E-state index contributed by atoms with van der Waals surface area (Å²) in [4.78, 5) is 0. The third-order valence-electron chi connectivity index (χ3n) is 3.73. The van der Waals surface area contributed by atoms with Gasteiger partial charge in [0.25, 0.3) is 0 Å². The van der Waals surface area contributed by atoms with Crippen molar-refractivity contribution in [2.24, 2.45) is 0 Å². The van der Waals surface area contributed by atoms with Crippen LogP contribution in [0.1, 0.15) is 16.7 Å². The summed E-state index contributed by atoms with van der Waals surface area (Å²) < 4.78 is 28.1. The number of benzene rings is 2. The first kappa shape index (κ1) is 15.6. The van der Waals surface area contributed by atoms with Crippen LogP contribution in [0.4, 0.5) is 0 Å². The summed E-state index contributed by atoms with van der Waals surface area (Å²) in [5.74, 6) is 0.00150. The van der Waals surface area contributed by atoms with E-state index in [0.29, 0.717) is 0 Å². The topological polar surface area (TPSA) is 39.1 Å². The Balaban J connectivity index is 2.16. The second kappa shape index (κ2) is 5.70. The highest BCUT2D eigenvalue weighted by Gasteiger charge is 2.19. The molecule has 0 aliphatic rings. The second-order valence-electron chi connectivity index (χ2n) is 5.44. The molecule has 0 saturated heterocycles. The van der Waals surface area contributed by atoms with Crippen molar-refractivity contribution in [1.29, 1.82) is 0 Å². The van der Waals surface area contributed by atoms with Gasteiger partial charge in [0, 0.05) is 15.2 Å². The van der Waals surface area contributed by atoms with Crippen molar-refractivity contribution in [1.82, 2.24) is 3.97 Å². The Morgan fingerprint density at radius 2 is 1.73 bits per heavy atom. The minimum atomic E-state index is -3.44. The van der Waals surface area contributed by atoms with Crippen molar-refractivity contribution in [3.05, 3.63) is 68.9 Å². The van der Waals surface area contributed by atoms with E-state index in [9.17, 15) is 8.42 Å². The zero-order valence-corrected chi connectivity index (χ0v) is 15.3. The van der Waals surface area contributed by atoms with Gasteiger partial charge in [0.1, 0.15) is 0 Å². The van der Waals surface area contributed by atoms with Gasteiger partial charge >= 0.3 is 0 Å². The van der Waals surface area contributed by atoms with Crippen LogP contribution in [0.2, 0.25) is 0 Å². The second-order valence-corrected chi connectivity index (χ2v) is 8.36. The Hall–Kier alpha value is -1.34. The van der Waals surface area contributed by atoms with Crippen LogP contribution in [0.15, 0.2) is 48.7 Å². The maximum Gasteiger partial charge on any atom is 0.243 e. The van der Waals surface area contributed by atoms with E-state index in [1.165, 1.54) is 9.54 Å². The van der Waals surface area contributed by atoms with Crippen molar-refractivity contribution < 1.29 is 8.42 Å². The Morgan fingerprint density at radius 1 is 1.05 bits per heavy atom. The van der Waals surface area contributed by atoms with Gasteiger partial charge in [-0.3, -0.25) is 0 Å². The number of fused-ring (bicyclic) bond motifs is 1. The first-order chi connectivity index (χ1) is 10.4. The standard InChI is InChI=1S/C17H16INO2S/c1-12-10-13(2)17-15(16(12)18)8-9-19(17)22(20,21)11-14-6-4-3-5-7-14/h3-10H,11H2,1-2H3. The van der Waals surface area contributed by atoms with E-state index < -0.39 is 10.0 Å². The van der Waals surface area contributed by atoms with E-state index in [2.05, 4.69) is 22.6 Å². The molecule has 114 valence electrons. The van der Waals surface area contributed by atoms with Crippen LogP contribution in [0, 0.1) is 17.4 Å². The summed E-state index contributed by atoms with van der Waals surface area (Å²) >= 11 is 2.28. The summed E-state index contributed by atoms with van der Waals surface area (Å²) in [7, 11) is -3.44. The van der Waals surface area contributed by atoms with Crippen LogP contribution in [0.3, 0.4) is 0 Å². The summed E-state index contributed by atoms with van der Waals surface area (Å²) in [6.07, 6.45) is 1.66. The number of aryl methyl sites for hydroxylation is 2. The Labute approximate surface area is 144 Å². The predicted octanol–water partition coefficient (Wildman–Crippen LogP) is 4.24. The number of hydrogen-bond acceptors (Lipinski definition) is 2. The molecule has 22 heavy (non-hydrogen) atoms. The minimum Gasteiger partial charge on any atom is -0.244 e. The molecule has 0 N–H and O–H groups in total. The minimum absolute atomic E-state index is 0.00150. The fourth-order valence-corrected chi connectivity index (χ4v) is 4.84. The van der Waals surface area contributed by atoms with Gasteiger partial charge < -0.3 is 0 Å². The lowest BCUT2D eigenvalue weighted by molar-refractivity contribution is 0.588. The van der Waals surface area contributed by atoms with E-state index in [0.717, 1.165) is 25.6 Å². The van der Waals surface area contributed by atoms with Gasteiger partial charge in [-0.1, -0.05) is 36.4 Å². The highest BCUT2D eigenvalue weighted by molar-refractivity contribution is 14.1. The molecule has 0 amide bonds. The molecule has 0 aliphatic carbocycles. The van der Waals surface area contributed by atoms with Gasteiger partial charge in [0.2, 0.25) is 10.0 Å². The van der Waals surface area contributed by atoms with Crippen LogP contribution < -0.4 is 0 Å². The van der Waals surface area contributed by atoms with E-state index in [1.54, 1.807) is 6.20 Å². The average molecular weight is 425 g/mol. The molecule has 0 spiro atoms. The van der Waals surface area contributed by atoms with E-state index in [4.69, 9.17) is 0 Å². The van der Waals surface area contributed by atoms with Gasteiger partial charge in [0.05, 0.1) is 11.3 Å². The fourth-order valence-electron chi connectivity index (χ4n) is 2.73. The Kier molecular flexibility index (Phi) is 4.03. The molecule has 3 nitrogen and oxygen atoms in total. The normalized spacial score (nSPS) is 12.0. The van der Waals surface area contributed by atoms with E-state index in [1.807, 2.05) is 56.3 Å². The first-order valence-electron chi connectivity index (χ1n) is 6.94. The summed E-state index contributed by atoms with van der Waals surface area (Å²) in [5, 5.41) is 0.995. The van der Waals surface area contributed by atoms with Gasteiger partial charge in [-0.2, -0.15) is 0 Å². The van der Waals surface area contributed by atoms with Gasteiger partial charge in [-0.15, -0.1) is 0 Å². The lowest BCUT2D eigenvalue weighted by Gasteiger charge is -2.11. The molecule has 2 aromatic carbocycles. The molecule has 0 aliphatic heterocycles. The van der Waals surface area contributed by atoms with Crippen molar-refractivity contribution in [3.8, 4) is 0 Å². The van der Waals surface area contributed by atoms with E-state index in [-0.39, 0.29) is 5.75 Å². The molecule has 0 unspecified atom stereocenters. The monoisotopic (exact) mass is 425 g/mol. The van der Waals surface area contributed by atoms with Crippen LogP contribution in [-0.2, 0) is 15.8 Å². The maximum absolute atomic E-state index is 12.8. The number of hydrogen-bond donors (Lipinski definition) is 0. The van der Waals surface area contributed by atoms with Crippen molar-refractivity contribution in [2.45, 2.75) is 19.6 Å². The molecule has 0 radical (unpaired) electrons. The number of halogens is 1. The molecular weight excluding hydrogens is 409 g/mol. The maximum atomic E-state index is 12.8. The van der Waals surface area contributed by atoms with Crippen LogP contribution in [0.5, 0.6) is 0 Å². The Bertz CT molecular complexity index is 944. The molecule has 0 fully saturated rings. The smallest absolute Gasteiger partial charge is 0.243 e. The van der Waals surface area contributed by atoms with Crippen LogP contribution in [0.25, 0.3) is 10.9 Å². The SMILES string of the molecule is Cc1cc(C)c2c(ccn2S(=O)(=O)Cc2ccccc2)c1I. The van der Waals surface area contributed by atoms with Crippen molar-refractivity contribution in [3.63, 3.8) is 0 Å². The zero-order chi connectivity index (χ0) is 15.9. The molecule has 3 rings (SSSR count). The van der Waals surface area contributed by atoms with Gasteiger partial charge in [-0.25, -0.2) is 12.4 Å². The molecule has 5 heteroatoms. The predicted molar refractivity (Wildman–Crippen MR) is 98.6 cm³/mol. The lowest BCUT2D eigenvalue weighted by Crippen LogP contribution is -2.14. The quantitative estimate of drug-likeness (QED) is 0.589. The number of nitrogens with zero attached hydrogens (tertiary/aromatic N) is 1. The fraction of sp³-hybridized carbons (Fsp3) is 0.176. The largest absolute Gasteiger partial charge is 0.244 e. The van der Waals surface area contributed by atoms with E-state index >= 15 is 0 Å². The van der Waals surface area contributed by atoms with Gasteiger partial charge in [0.15, 0.2) is 0 Å². The van der Waals surface area contributed by atoms with Crippen LogP contribution in [-0.4, -0.2) is 12.4 Å².